The minimum absolute atomic E-state index is 0.0769. The molecule has 3 amide bonds. The highest BCUT2D eigenvalue weighted by Gasteiger charge is 2.36. The molecular formula is C22H18F5N3O5. The molecule has 2 heterocycles. The van der Waals surface area contributed by atoms with Crippen molar-refractivity contribution in [3.63, 3.8) is 0 Å². The average Bonchev–Trinajstić information content (AvgIpc) is 2.70. The lowest BCUT2D eigenvalue weighted by Crippen LogP contribution is -2.60. The zero-order valence-corrected chi connectivity index (χ0v) is 17.8. The number of hydrogen-bond donors (Lipinski definition) is 2. The van der Waals surface area contributed by atoms with Crippen LogP contribution in [0.1, 0.15) is 24.3 Å². The number of alkyl halides is 3. The quantitative estimate of drug-likeness (QED) is 0.484. The predicted molar refractivity (Wildman–Crippen MR) is 110 cm³/mol. The van der Waals surface area contributed by atoms with E-state index in [0.717, 1.165) is 29.2 Å². The van der Waals surface area contributed by atoms with Crippen molar-refractivity contribution < 1.29 is 45.8 Å². The van der Waals surface area contributed by atoms with Crippen molar-refractivity contribution in [2.75, 3.05) is 18.0 Å². The van der Waals surface area contributed by atoms with Gasteiger partial charge in [-0.05, 0) is 30.7 Å². The second kappa shape index (κ2) is 9.49. The van der Waals surface area contributed by atoms with Gasteiger partial charge in [0, 0.05) is 31.1 Å². The van der Waals surface area contributed by atoms with Crippen LogP contribution in [0.15, 0.2) is 36.4 Å². The summed E-state index contributed by atoms with van der Waals surface area (Å²) in [5, 5.41) is 4.94. The highest BCUT2D eigenvalue weighted by Crippen LogP contribution is 2.34. The van der Waals surface area contributed by atoms with Crippen molar-refractivity contribution in [2.24, 2.45) is 0 Å². The summed E-state index contributed by atoms with van der Waals surface area (Å²) in [6.07, 6.45) is -6.20. The van der Waals surface area contributed by atoms with Crippen molar-refractivity contribution in [3.8, 4) is 11.5 Å². The van der Waals surface area contributed by atoms with Crippen molar-refractivity contribution in [2.45, 2.75) is 31.2 Å². The summed E-state index contributed by atoms with van der Waals surface area (Å²) in [4.78, 5) is 37.3. The molecule has 2 N–H and O–H groups in total. The molecular weight excluding hydrogens is 481 g/mol. The van der Waals surface area contributed by atoms with Crippen LogP contribution in [0.2, 0.25) is 0 Å². The summed E-state index contributed by atoms with van der Waals surface area (Å²) in [6, 6.07) is 5.42. The molecule has 8 nitrogen and oxygen atoms in total. The standard InChI is InChI=1S/C22H18F5N3O5/c23-16-6-11(7-17(24)19(16)15-4-5-18(31)29-20(15)32)30(12-9-28-10-12)21(33)34-13-2-1-3-14(8-13)35-22(25,26)27/h1-3,6-8,12,15,28H,4-5,9-10H2,(H,29,31,32)/t15-/m0/s1. The second-order valence-electron chi connectivity index (χ2n) is 7.90. The maximum absolute atomic E-state index is 15.0. The molecule has 4 rings (SSSR count). The first-order chi connectivity index (χ1) is 16.5. The Kier molecular flexibility index (Phi) is 6.61. The summed E-state index contributed by atoms with van der Waals surface area (Å²) < 4.78 is 76.4. The summed E-state index contributed by atoms with van der Waals surface area (Å²) in [6.45, 7) is 0.537. The molecule has 0 bridgehead atoms. The molecule has 0 aliphatic carbocycles. The van der Waals surface area contributed by atoms with Crippen LogP contribution in [-0.4, -0.2) is 43.4 Å². The van der Waals surface area contributed by atoms with Crippen molar-refractivity contribution in [1.82, 2.24) is 10.6 Å². The number of nitrogens with zero attached hydrogens (tertiary/aromatic N) is 1. The van der Waals surface area contributed by atoms with E-state index in [1.54, 1.807) is 0 Å². The summed E-state index contributed by atoms with van der Waals surface area (Å²) in [7, 11) is 0. The van der Waals surface area contributed by atoms with E-state index in [-0.39, 0.29) is 37.4 Å². The first-order valence-corrected chi connectivity index (χ1v) is 10.4. The molecule has 186 valence electrons. The number of hydrogen-bond acceptors (Lipinski definition) is 6. The first kappa shape index (κ1) is 24.4. The Morgan fingerprint density at radius 3 is 2.26 bits per heavy atom. The van der Waals surface area contributed by atoms with Gasteiger partial charge in [-0.3, -0.25) is 19.8 Å². The lowest BCUT2D eigenvalue weighted by molar-refractivity contribution is -0.274. The van der Waals surface area contributed by atoms with Gasteiger partial charge in [-0.15, -0.1) is 13.2 Å². The Labute approximate surface area is 195 Å². The van der Waals surface area contributed by atoms with Gasteiger partial charge < -0.3 is 14.8 Å². The Morgan fingerprint density at radius 1 is 1.03 bits per heavy atom. The number of ether oxygens (including phenoxy) is 2. The van der Waals surface area contributed by atoms with Crippen LogP contribution < -0.4 is 25.0 Å². The number of nitrogens with one attached hydrogen (secondary N) is 2. The van der Waals surface area contributed by atoms with Crippen molar-refractivity contribution >= 4 is 23.6 Å². The van der Waals surface area contributed by atoms with E-state index in [1.165, 1.54) is 12.1 Å². The van der Waals surface area contributed by atoms with Crippen LogP contribution in [0.4, 0.5) is 32.4 Å². The van der Waals surface area contributed by atoms with E-state index in [0.29, 0.717) is 0 Å². The summed E-state index contributed by atoms with van der Waals surface area (Å²) in [5.41, 5.74) is -0.744. The number of carbonyl (C=O) groups excluding carboxylic acids is 3. The molecule has 0 radical (unpaired) electrons. The molecule has 2 fully saturated rings. The minimum Gasteiger partial charge on any atom is -0.410 e. The molecule has 0 aromatic heterocycles. The number of imide groups is 1. The monoisotopic (exact) mass is 499 g/mol. The van der Waals surface area contributed by atoms with Crippen molar-refractivity contribution in [3.05, 3.63) is 53.6 Å². The van der Waals surface area contributed by atoms with E-state index in [9.17, 15) is 36.3 Å². The number of anilines is 1. The Balaban J connectivity index is 1.60. The number of rotatable bonds is 5. The molecule has 2 aliphatic heterocycles. The lowest BCUT2D eigenvalue weighted by Gasteiger charge is -2.37. The first-order valence-electron chi connectivity index (χ1n) is 10.4. The minimum atomic E-state index is -4.95. The van der Waals surface area contributed by atoms with E-state index in [4.69, 9.17) is 4.74 Å². The average molecular weight is 499 g/mol. The SMILES string of the molecule is O=C1CC[C@@H](c2c(F)cc(N(C(=O)Oc3cccc(OC(F)(F)F)c3)C3CNC3)cc2F)C(=O)N1. The second-order valence-corrected chi connectivity index (χ2v) is 7.90. The van der Waals surface area contributed by atoms with Crippen LogP contribution in [0, 0.1) is 11.6 Å². The smallest absolute Gasteiger partial charge is 0.410 e. The molecule has 2 aliphatic rings. The fourth-order valence-corrected chi connectivity index (χ4v) is 3.82. The maximum Gasteiger partial charge on any atom is 0.573 e. The number of halogens is 5. The normalized spacial score (nSPS) is 18.5. The molecule has 0 spiro atoms. The van der Waals surface area contributed by atoms with E-state index < -0.39 is 59.2 Å². The lowest BCUT2D eigenvalue weighted by atomic mass is 9.89. The van der Waals surface area contributed by atoms with Gasteiger partial charge in [0.2, 0.25) is 11.8 Å². The van der Waals surface area contributed by atoms with Gasteiger partial charge >= 0.3 is 12.5 Å². The fourth-order valence-electron chi connectivity index (χ4n) is 3.82. The number of carbonyl (C=O) groups is 3. The van der Waals surface area contributed by atoms with Crippen LogP contribution in [0.25, 0.3) is 0 Å². The van der Waals surface area contributed by atoms with E-state index in [1.807, 2.05) is 5.32 Å². The van der Waals surface area contributed by atoms with Gasteiger partial charge in [0.1, 0.15) is 23.1 Å². The maximum atomic E-state index is 15.0. The molecule has 2 aromatic rings. The summed E-state index contributed by atoms with van der Waals surface area (Å²) >= 11 is 0. The molecule has 35 heavy (non-hydrogen) atoms. The Bertz CT molecular complexity index is 1150. The topological polar surface area (TPSA) is 97.0 Å². The highest BCUT2D eigenvalue weighted by atomic mass is 19.4. The Morgan fingerprint density at radius 2 is 1.69 bits per heavy atom. The zero-order chi connectivity index (χ0) is 25.3. The largest absolute Gasteiger partial charge is 0.573 e. The molecule has 0 unspecified atom stereocenters. The summed E-state index contributed by atoms with van der Waals surface area (Å²) in [5.74, 6) is -5.68. The van der Waals surface area contributed by atoms with Crippen LogP contribution >= 0.6 is 0 Å². The third-order valence-corrected chi connectivity index (χ3v) is 5.50. The predicted octanol–water partition coefficient (Wildman–Crippen LogP) is 3.36. The molecule has 1 atom stereocenters. The molecule has 0 saturated carbocycles. The van der Waals surface area contributed by atoms with Gasteiger partial charge in [-0.1, -0.05) is 6.07 Å². The van der Waals surface area contributed by atoms with Crippen LogP contribution in [0.3, 0.4) is 0 Å². The van der Waals surface area contributed by atoms with Gasteiger partial charge in [-0.2, -0.15) is 0 Å². The van der Waals surface area contributed by atoms with Gasteiger partial charge in [-0.25, -0.2) is 13.6 Å². The number of benzene rings is 2. The van der Waals surface area contributed by atoms with Gasteiger partial charge in [0.25, 0.3) is 0 Å². The highest BCUT2D eigenvalue weighted by molar-refractivity contribution is 6.01. The van der Waals surface area contributed by atoms with E-state index in [2.05, 4.69) is 10.1 Å². The number of amides is 3. The number of piperidine rings is 1. The van der Waals surface area contributed by atoms with Crippen LogP contribution in [-0.2, 0) is 9.59 Å². The van der Waals surface area contributed by atoms with E-state index >= 15 is 0 Å². The molecule has 13 heteroatoms. The Hall–Kier alpha value is -3.74. The van der Waals surface area contributed by atoms with Crippen molar-refractivity contribution in [1.29, 1.82) is 0 Å². The molecule has 2 saturated heterocycles. The zero-order valence-electron chi connectivity index (χ0n) is 17.8. The third-order valence-electron chi connectivity index (χ3n) is 5.50. The van der Waals surface area contributed by atoms with Gasteiger partial charge in [0.05, 0.1) is 17.6 Å². The van der Waals surface area contributed by atoms with Gasteiger partial charge in [0.15, 0.2) is 0 Å². The third kappa shape index (κ3) is 5.50. The molecule has 2 aromatic carbocycles. The van der Waals surface area contributed by atoms with Crippen LogP contribution in [0.5, 0.6) is 11.5 Å². The fraction of sp³-hybridized carbons (Fsp3) is 0.318.